The number of rotatable bonds is 7. The van der Waals surface area contributed by atoms with Gasteiger partial charge in [-0.1, -0.05) is 78.1 Å². The molecule has 0 amide bonds. The molecule has 0 spiro atoms. The Morgan fingerprint density at radius 1 is 0.952 bits per heavy atom. The first-order valence-corrected chi connectivity index (χ1v) is 14.6. The lowest BCUT2D eigenvalue weighted by molar-refractivity contribution is -0.137. The lowest BCUT2D eigenvalue weighted by Crippen LogP contribution is -2.20. The molecular formula is C30H19Br3F3N3O3. The molecule has 0 atom stereocenters. The lowest BCUT2D eigenvalue weighted by Gasteiger charge is -2.15. The van der Waals surface area contributed by atoms with E-state index in [0.717, 1.165) is 31.3 Å². The van der Waals surface area contributed by atoms with Gasteiger partial charge in [-0.15, -0.1) is 0 Å². The third-order valence-electron chi connectivity index (χ3n) is 6.17. The second kappa shape index (κ2) is 12.4. The molecule has 0 N–H and O–H groups in total. The van der Waals surface area contributed by atoms with Crippen molar-refractivity contribution >= 4 is 64.9 Å². The predicted molar refractivity (Wildman–Crippen MR) is 166 cm³/mol. The van der Waals surface area contributed by atoms with Gasteiger partial charge in [-0.2, -0.15) is 22.9 Å². The normalized spacial score (nSPS) is 11.8. The highest BCUT2D eigenvalue weighted by Gasteiger charge is 2.31. The zero-order valence-electron chi connectivity index (χ0n) is 21.6. The summed E-state index contributed by atoms with van der Waals surface area (Å²) in [4.78, 5) is 18.1. The number of nitrogens with zero attached hydrogens (tertiary/aromatic N) is 3. The monoisotopic (exact) mass is 763 g/mol. The molecule has 4 aromatic carbocycles. The van der Waals surface area contributed by atoms with E-state index < -0.39 is 17.3 Å². The first-order chi connectivity index (χ1) is 20.0. The van der Waals surface area contributed by atoms with Crippen molar-refractivity contribution in [3.05, 3.63) is 119 Å². The van der Waals surface area contributed by atoms with Crippen molar-refractivity contribution in [2.75, 3.05) is 7.11 Å². The Labute approximate surface area is 263 Å². The SMILES string of the molecule is COc1cc(Br)cc(C=Nn2c(-c3cccc(C(F)(F)F)c3)nc3ccccc3c2=O)c1OCc1ccc(Br)cc1Br. The third-order valence-corrected chi connectivity index (χ3v) is 7.86. The quantitative estimate of drug-likeness (QED) is 0.156. The van der Waals surface area contributed by atoms with Crippen molar-refractivity contribution in [2.24, 2.45) is 5.10 Å². The Morgan fingerprint density at radius 3 is 2.48 bits per heavy atom. The molecule has 0 aliphatic carbocycles. The fourth-order valence-electron chi connectivity index (χ4n) is 4.15. The largest absolute Gasteiger partial charge is 0.493 e. The number of hydrogen-bond donors (Lipinski definition) is 0. The van der Waals surface area contributed by atoms with Crippen LogP contribution in [0.1, 0.15) is 16.7 Å². The summed E-state index contributed by atoms with van der Waals surface area (Å²) in [5, 5.41) is 4.68. The van der Waals surface area contributed by atoms with Crippen LogP contribution in [0, 0.1) is 0 Å². The van der Waals surface area contributed by atoms with E-state index in [1.165, 1.54) is 25.5 Å². The topological polar surface area (TPSA) is 65.7 Å². The van der Waals surface area contributed by atoms with Crippen LogP contribution in [0.5, 0.6) is 11.5 Å². The average Bonchev–Trinajstić information content (AvgIpc) is 2.96. The summed E-state index contributed by atoms with van der Waals surface area (Å²) in [7, 11) is 1.49. The summed E-state index contributed by atoms with van der Waals surface area (Å²) in [6, 6.07) is 20.3. The van der Waals surface area contributed by atoms with Crippen LogP contribution in [0.15, 0.2) is 102 Å². The Hall–Kier alpha value is -3.48. The minimum atomic E-state index is -4.58. The fourth-order valence-corrected chi connectivity index (χ4v) is 5.77. The molecule has 1 aromatic heterocycles. The van der Waals surface area contributed by atoms with Crippen molar-refractivity contribution in [1.29, 1.82) is 0 Å². The van der Waals surface area contributed by atoms with Crippen molar-refractivity contribution in [3.63, 3.8) is 0 Å². The molecule has 0 saturated carbocycles. The third kappa shape index (κ3) is 6.45. The van der Waals surface area contributed by atoms with E-state index in [9.17, 15) is 18.0 Å². The molecule has 5 rings (SSSR count). The summed E-state index contributed by atoms with van der Waals surface area (Å²) in [5.74, 6) is 0.701. The molecule has 12 heteroatoms. The van der Waals surface area contributed by atoms with Gasteiger partial charge in [0.2, 0.25) is 0 Å². The summed E-state index contributed by atoms with van der Waals surface area (Å²) in [5.41, 5.74) is 0.303. The molecule has 1 heterocycles. The molecule has 0 unspecified atom stereocenters. The van der Waals surface area contributed by atoms with E-state index in [0.29, 0.717) is 27.1 Å². The van der Waals surface area contributed by atoms with Crippen molar-refractivity contribution in [2.45, 2.75) is 12.8 Å². The van der Waals surface area contributed by atoms with Gasteiger partial charge in [-0.05, 0) is 48.5 Å². The minimum Gasteiger partial charge on any atom is -0.493 e. The number of para-hydroxylation sites is 1. The molecular weight excluding hydrogens is 747 g/mol. The fraction of sp³-hybridized carbons (Fsp3) is 0.100. The van der Waals surface area contributed by atoms with Gasteiger partial charge < -0.3 is 9.47 Å². The van der Waals surface area contributed by atoms with Crippen LogP contribution in [-0.4, -0.2) is 23.0 Å². The molecule has 6 nitrogen and oxygen atoms in total. The van der Waals surface area contributed by atoms with Crippen LogP contribution in [0.4, 0.5) is 13.2 Å². The van der Waals surface area contributed by atoms with Gasteiger partial charge in [0.1, 0.15) is 6.61 Å². The van der Waals surface area contributed by atoms with E-state index in [-0.39, 0.29) is 23.4 Å². The molecule has 214 valence electrons. The summed E-state index contributed by atoms with van der Waals surface area (Å²) < 4.78 is 55.7. The van der Waals surface area contributed by atoms with Gasteiger partial charge >= 0.3 is 6.18 Å². The van der Waals surface area contributed by atoms with E-state index in [1.54, 1.807) is 36.4 Å². The number of fused-ring (bicyclic) bond motifs is 1. The molecule has 0 radical (unpaired) electrons. The Balaban J connectivity index is 1.64. The Bertz CT molecular complexity index is 1890. The lowest BCUT2D eigenvalue weighted by atomic mass is 10.1. The van der Waals surface area contributed by atoms with Gasteiger partial charge in [0.15, 0.2) is 17.3 Å². The Morgan fingerprint density at radius 2 is 1.74 bits per heavy atom. The standard InChI is InChI=1S/C30H19Br3F3N3O3/c1-41-26-14-22(32)12-19(27(26)42-16-18-9-10-21(31)13-24(18)33)15-37-39-28(17-5-4-6-20(11-17)30(34,35)36)38-25-8-3-2-7-23(25)29(39)40/h2-15H,16H2,1H3. The maximum absolute atomic E-state index is 13.6. The van der Waals surface area contributed by atoms with Gasteiger partial charge in [0, 0.05) is 30.1 Å². The van der Waals surface area contributed by atoms with E-state index in [4.69, 9.17) is 9.47 Å². The highest BCUT2D eigenvalue weighted by Crippen LogP contribution is 2.36. The second-order valence-corrected chi connectivity index (χ2v) is 11.6. The van der Waals surface area contributed by atoms with E-state index in [2.05, 4.69) is 57.9 Å². The maximum Gasteiger partial charge on any atom is 0.416 e. The summed E-state index contributed by atoms with van der Waals surface area (Å²) >= 11 is 10.4. The first-order valence-electron chi connectivity index (χ1n) is 12.2. The van der Waals surface area contributed by atoms with Gasteiger partial charge in [0.25, 0.3) is 5.56 Å². The number of benzene rings is 4. The highest BCUT2D eigenvalue weighted by atomic mass is 79.9. The van der Waals surface area contributed by atoms with Crippen LogP contribution in [-0.2, 0) is 12.8 Å². The number of aromatic nitrogens is 2. The zero-order chi connectivity index (χ0) is 30.0. The van der Waals surface area contributed by atoms with Gasteiger partial charge in [0.05, 0.1) is 29.8 Å². The van der Waals surface area contributed by atoms with E-state index in [1.807, 2.05) is 18.2 Å². The van der Waals surface area contributed by atoms with Crippen LogP contribution < -0.4 is 15.0 Å². The Kier molecular flexibility index (Phi) is 8.86. The minimum absolute atomic E-state index is 0.0516. The average molecular weight is 766 g/mol. The van der Waals surface area contributed by atoms with E-state index >= 15 is 0 Å². The van der Waals surface area contributed by atoms with Crippen LogP contribution in [0.2, 0.25) is 0 Å². The molecule has 0 saturated heterocycles. The number of alkyl halides is 3. The number of ether oxygens (including phenoxy) is 2. The first kappa shape index (κ1) is 30.0. The summed E-state index contributed by atoms with van der Waals surface area (Å²) in [6.07, 6.45) is -3.20. The second-order valence-electron chi connectivity index (χ2n) is 8.94. The van der Waals surface area contributed by atoms with Crippen molar-refractivity contribution in [1.82, 2.24) is 9.66 Å². The number of methoxy groups -OCH3 is 1. The smallest absolute Gasteiger partial charge is 0.416 e. The molecule has 0 aliphatic rings. The molecule has 0 fully saturated rings. The number of hydrogen-bond acceptors (Lipinski definition) is 5. The van der Waals surface area contributed by atoms with Crippen LogP contribution in [0.25, 0.3) is 22.3 Å². The maximum atomic E-state index is 13.6. The molecule has 0 aliphatic heterocycles. The zero-order valence-corrected chi connectivity index (χ0v) is 26.4. The van der Waals surface area contributed by atoms with Gasteiger partial charge in [-0.3, -0.25) is 4.79 Å². The number of halogens is 6. The molecule has 42 heavy (non-hydrogen) atoms. The predicted octanol–water partition coefficient (Wildman–Crippen LogP) is 8.84. The van der Waals surface area contributed by atoms with Gasteiger partial charge in [-0.25, -0.2) is 4.98 Å². The van der Waals surface area contributed by atoms with Crippen molar-refractivity contribution in [3.8, 4) is 22.9 Å². The van der Waals surface area contributed by atoms with Crippen LogP contribution >= 0.6 is 47.8 Å². The molecule has 0 bridgehead atoms. The summed E-state index contributed by atoms with van der Waals surface area (Å²) in [6.45, 7) is 0.180. The highest BCUT2D eigenvalue weighted by molar-refractivity contribution is 9.11. The van der Waals surface area contributed by atoms with Crippen LogP contribution in [0.3, 0.4) is 0 Å². The van der Waals surface area contributed by atoms with Crippen molar-refractivity contribution < 1.29 is 22.6 Å². The molecule has 5 aromatic rings.